The van der Waals surface area contributed by atoms with E-state index < -0.39 is 5.41 Å². The highest BCUT2D eigenvalue weighted by atomic mass is 16.1. The molecule has 0 aliphatic carbocycles. The molecule has 2 N–H and O–H groups in total. The lowest BCUT2D eigenvalue weighted by atomic mass is 9.72. The quantitative estimate of drug-likeness (QED) is 0.575. The molecule has 0 unspecified atom stereocenters. The number of rotatable bonds is 6. The molecule has 5 rings (SSSR count). The Labute approximate surface area is 196 Å². The standard InChI is InChI=1S/C29H31N3O/c30-28(33)29(25-11-2-1-3-12-25)17-21-31(22-18-29)19-8-20-32-26-13-6-4-9-23(26)15-16-24-10-5-7-14-27(24)32/h1-7,9-16H,8,17-22H2,(H2,30,33). The number of carbonyl (C=O) groups is 1. The fourth-order valence-electron chi connectivity index (χ4n) is 5.34. The average Bonchev–Trinajstić information content (AvgIpc) is 3.02. The second-order valence-electron chi connectivity index (χ2n) is 9.11. The molecule has 1 saturated heterocycles. The van der Waals surface area contributed by atoms with Crippen LogP contribution in [-0.4, -0.2) is 37.0 Å². The first kappa shape index (κ1) is 21.5. The first-order valence-corrected chi connectivity index (χ1v) is 11.9. The largest absolute Gasteiger partial charge is 0.369 e. The molecule has 3 aromatic carbocycles. The first-order valence-electron chi connectivity index (χ1n) is 11.9. The van der Waals surface area contributed by atoms with Crippen LogP contribution in [0.3, 0.4) is 0 Å². The van der Waals surface area contributed by atoms with Gasteiger partial charge < -0.3 is 15.5 Å². The van der Waals surface area contributed by atoms with E-state index in [4.69, 9.17) is 5.73 Å². The minimum atomic E-state index is -0.536. The molecule has 3 aromatic rings. The van der Waals surface area contributed by atoms with Gasteiger partial charge in [-0.15, -0.1) is 0 Å². The van der Waals surface area contributed by atoms with Crippen molar-refractivity contribution in [3.63, 3.8) is 0 Å². The topological polar surface area (TPSA) is 49.6 Å². The van der Waals surface area contributed by atoms with E-state index in [1.54, 1.807) is 0 Å². The van der Waals surface area contributed by atoms with Gasteiger partial charge in [0.2, 0.25) is 5.91 Å². The van der Waals surface area contributed by atoms with Gasteiger partial charge >= 0.3 is 0 Å². The van der Waals surface area contributed by atoms with Crippen LogP contribution in [0.2, 0.25) is 0 Å². The zero-order valence-corrected chi connectivity index (χ0v) is 19.0. The second-order valence-corrected chi connectivity index (χ2v) is 9.11. The van der Waals surface area contributed by atoms with Crippen molar-refractivity contribution in [3.05, 3.63) is 95.6 Å². The molecule has 33 heavy (non-hydrogen) atoms. The molecule has 4 nitrogen and oxygen atoms in total. The number of nitrogens with zero attached hydrogens (tertiary/aromatic N) is 2. The summed E-state index contributed by atoms with van der Waals surface area (Å²) < 4.78 is 0. The Morgan fingerprint density at radius 2 is 1.30 bits per heavy atom. The van der Waals surface area contributed by atoms with Crippen molar-refractivity contribution < 1.29 is 4.79 Å². The Morgan fingerprint density at radius 1 is 0.758 bits per heavy atom. The number of nitrogens with two attached hydrogens (primary N) is 1. The average molecular weight is 438 g/mol. The summed E-state index contributed by atoms with van der Waals surface area (Å²) in [6.45, 7) is 3.75. The van der Waals surface area contributed by atoms with E-state index in [1.165, 1.54) is 22.5 Å². The third kappa shape index (κ3) is 4.19. The molecule has 2 heterocycles. The van der Waals surface area contributed by atoms with E-state index in [1.807, 2.05) is 30.3 Å². The Morgan fingerprint density at radius 3 is 1.88 bits per heavy atom. The van der Waals surface area contributed by atoms with Gasteiger partial charge in [0, 0.05) is 17.9 Å². The summed E-state index contributed by atoms with van der Waals surface area (Å²) in [5, 5.41) is 0. The van der Waals surface area contributed by atoms with Crippen molar-refractivity contribution in [1.29, 1.82) is 0 Å². The third-order valence-corrected chi connectivity index (χ3v) is 7.26. The summed E-state index contributed by atoms with van der Waals surface area (Å²) in [6.07, 6.45) is 7.05. The predicted molar refractivity (Wildman–Crippen MR) is 136 cm³/mol. The molecule has 2 aliphatic heterocycles. The van der Waals surface area contributed by atoms with Gasteiger partial charge in [0.25, 0.3) is 0 Å². The number of likely N-dealkylation sites (tertiary alicyclic amines) is 1. The number of carbonyl (C=O) groups excluding carboxylic acids is 1. The fraction of sp³-hybridized carbons (Fsp3) is 0.276. The number of primary amides is 1. The zero-order chi connectivity index (χ0) is 22.7. The van der Waals surface area contributed by atoms with Crippen LogP contribution in [0.15, 0.2) is 78.9 Å². The van der Waals surface area contributed by atoms with Crippen LogP contribution in [0.5, 0.6) is 0 Å². The van der Waals surface area contributed by atoms with Gasteiger partial charge in [-0.1, -0.05) is 78.9 Å². The van der Waals surface area contributed by atoms with E-state index >= 15 is 0 Å². The predicted octanol–water partition coefficient (Wildman–Crippen LogP) is 5.22. The minimum Gasteiger partial charge on any atom is -0.369 e. The smallest absolute Gasteiger partial charge is 0.228 e. The summed E-state index contributed by atoms with van der Waals surface area (Å²) in [7, 11) is 0. The van der Waals surface area contributed by atoms with Crippen molar-refractivity contribution in [1.82, 2.24) is 4.90 Å². The molecule has 2 aliphatic rings. The molecular formula is C29H31N3O. The van der Waals surface area contributed by atoms with Crippen molar-refractivity contribution in [2.75, 3.05) is 31.1 Å². The van der Waals surface area contributed by atoms with Gasteiger partial charge in [-0.3, -0.25) is 4.79 Å². The zero-order valence-electron chi connectivity index (χ0n) is 19.0. The lowest BCUT2D eigenvalue weighted by Crippen LogP contribution is -2.50. The van der Waals surface area contributed by atoms with Gasteiger partial charge in [0.1, 0.15) is 0 Å². The second kappa shape index (κ2) is 9.24. The molecule has 168 valence electrons. The Balaban J connectivity index is 1.26. The maximum absolute atomic E-state index is 12.5. The maximum Gasteiger partial charge on any atom is 0.228 e. The van der Waals surface area contributed by atoms with Crippen molar-refractivity contribution >= 4 is 29.4 Å². The molecule has 1 amide bonds. The van der Waals surface area contributed by atoms with E-state index in [0.717, 1.165) is 51.0 Å². The molecule has 0 radical (unpaired) electrons. The number of hydrogen-bond acceptors (Lipinski definition) is 3. The first-order chi connectivity index (χ1) is 16.2. The summed E-state index contributed by atoms with van der Waals surface area (Å²) in [5.74, 6) is -0.196. The molecule has 0 bridgehead atoms. The summed E-state index contributed by atoms with van der Waals surface area (Å²) in [5.41, 5.74) is 11.5. The molecule has 0 atom stereocenters. The lowest BCUT2D eigenvalue weighted by Gasteiger charge is -2.40. The van der Waals surface area contributed by atoms with E-state index in [2.05, 4.69) is 70.5 Å². The van der Waals surface area contributed by atoms with Gasteiger partial charge in [-0.2, -0.15) is 0 Å². The molecule has 0 spiro atoms. The van der Waals surface area contributed by atoms with Crippen LogP contribution in [0.25, 0.3) is 12.2 Å². The Bertz CT molecular complexity index is 1100. The van der Waals surface area contributed by atoms with Crippen LogP contribution in [0.1, 0.15) is 36.0 Å². The van der Waals surface area contributed by atoms with Gasteiger partial charge in [0.05, 0.1) is 5.41 Å². The van der Waals surface area contributed by atoms with Crippen LogP contribution in [-0.2, 0) is 10.2 Å². The highest BCUT2D eigenvalue weighted by Gasteiger charge is 2.41. The summed E-state index contributed by atoms with van der Waals surface area (Å²) in [4.78, 5) is 17.4. The highest BCUT2D eigenvalue weighted by Crippen LogP contribution is 2.37. The van der Waals surface area contributed by atoms with E-state index in [-0.39, 0.29) is 5.91 Å². The third-order valence-electron chi connectivity index (χ3n) is 7.26. The number of amides is 1. The number of hydrogen-bond donors (Lipinski definition) is 1. The van der Waals surface area contributed by atoms with Crippen LogP contribution < -0.4 is 10.6 Å². The molecule has 0 saturated carbocycles. The van der Waals surface area contributed by atoms with Crippen LogP contribution in [0.4, 0.5) is 11.4 Å². The molecule has 0 aromatic heterocycles. The van der Waals surface area contributed by atoms with Crippen LogP contribution >= 0.6 is 0 Å². The molecule has 4 heteroatoms. The lowest BCUT2D eigenvalue weighted by molar-refractivity contribution is -0.125. The van der Waals surface area contributed by atoms with Crippen molar-refractivity contribution in [2.24, 2.45) is 5.73 Å². The van der Waals surface area contributed by atoms with Gasteiger partial charge in [0.15, 0.2) is 0 Å². The Hall–Kier alpha value is -3.37. The van der Waals surface area contributed by atoms with Gasteiger partial charge in [-0.25, -0.2) is 0 Å². The van der Waals surface area contributed by atoms with Gasteiger partial charge in [-0.05, 0) is 67.7 Å². The minimum absolute atomic E-state index is 0.196. The van der Waals surface area contributed by atoms with E-state index in [9.17, 15) is 4.79 Å². The number of para-hydroxylation sites is 2. The van der Waals surface area contributed by atoms with Crippen molar-refractivity contribution in [3.8, 4) is 0 Å². The maximum atomic E-state index is 12.5. The number of fused-ring (bicyclic) bond motifs is 2. The fourth-order valence-corrected chi connectivity index (χ4v) is 5.34. The van der Waals surface area contributed by atoms with Crippen LogP contribution in [0, 0.1) is 0 Å². The number of anilines is 2. The summed E-state index contributed by atoms with van der Waals surface area (Å²) >= 11 is 0. The number of benzene rings is 3. The highest BCUT2D eigenvalue weighted by molar-refractivity contribution is 5.88. The number of piperidine rings is 1. The SMILES string of the molecule is NC(=O)C1(c2ccccc2)CCN(CCCN2c3ccccc3C=Cc3ccccc32)CC1. The van der Waals surface area contributed by atoms with Crippen molar-refractivity contribution in [2.45, 2.75) is 24.7 Å². The monoisotopic (exact) mass is 437 g/mol. The summed E-state index contributed by atoms with van der Waals surface area (Å²) in [6, 6.07) is 27.3. The molecule has 1 fully saturated rings. The molecular weight excluding hydrogens is 406 g/mol. The Kier molecular flexibility index (Phi) is 6.01. The normalized spacial score (nSPS) is 17.2. The van der Waals surface area contributed by atoms with E-state index in [0.29, 0.717) is 0 Å².